The molecule has 0 unspecified atom stereocenters. The van der Waals surface area contributed by atoms with Crippen molar-refractivity contribution in [3.63, 3.8) is 0 Å². The van der Waals surface area contributed by atoms with Crippen LogP contribution in [0.25, 0.3) is 0 Å². The zero-order valence-corrected chi connectivity index (χ0v) is 15.6. The lowest BCUT2D eigenvalue weighted by Crippen LogP contribution is -2.53. The lowest BCUT2D eigenvalue weighted by Gasteiger charge is -2.30. The van der Waals surface area contributed by atoms with Gasteiger partial charge in [-0.25, -0.2) is 4.39 Å². The highest BCUT2D eigenvalue weighted by molar-refractivity contribution is 5.95. The summed E-state index contributed by atoms with van der Waals surface area (Å²) in [5.74, 6) is -0.582. The van der Waals surface area contributed by atoms with Gasteiger partial charge < -0.3 is 25.0 Å². The fourth-order valence-corrected chi connectivity index (χ4v) is 2.90. The Labute approximate surface area is 159 Å². The van der Waals surface area contributed by atoms with E-state index in [2.05, 4.69) is 10.6 Å². The van der Waals surface area contributed by atoms with Crippen molar-refractivity contribution in [2.75, 3.05) is 49.7 Å². The molecule has 0 radical (unpaired) electrons. The summed E-state index contributed by atoms with van der Waals surface area (Å²) in [5, 5.41) is 5.91. The molecule has 1 aromatic carbocycles. The van der Waals surface area contributed by atoms with Gasteiger partial charge in [-0.1, -0.05) is 0 Å². The number of carbonyl (C=O) groups excluding carboxylic acids is 1. The molecule has 1 aromatic rings. The van der Waals surface area contributed by atoms with E-state index in [-0.39, 0.29) is 42.6 Å². The number of halogens is 3. The van der Waals surface area contributed by atoms with E-state index >= 15 is 0 Å². The van der Waals surface area contributed by atoms with E-state index in [9.17, 15) is 9.18 Å². The first-order valence-electron chi connectivity index (χ1n) is 7.92. The molecular weight excluding hydrogens is 372 g/mol. The number of anilines is 2. The Bertz CT molecular complexity index is 574. The molecule has 2 aliphatic rings. The molecule has 2 fully saturated rings. The normalized spacial score (nSPS) is 23.2. The first-order chi connectivity index (χ1) is 11.1. The molecule has 2 saturated heterocycles. The van der Waals surface area contributed by atoms with Crippen LogP contribution in [0.2, 0.25) is 0 Å². The Hall–Kier alpha value is -1.12. The van der Waals surface area contributed by atoms with Crippen LogP contribution in [0.1, 0.15) is 6.92 Å². The smallest absolute Gasteiger partial charge is 0.244 e. The van der Waals surface area contributed by atoms with Crippen molar-refractivity contribution in [1.82, 2.24) is 5.32 Å². The number of hydrogen-bond donors (Lipinski definition) is 2. The molecule has 2 atom stereocenters. The SMILES string of the molecule is C[C@H]1OCCN[C@@H]1C(=O)Nc1cc(F)cc(N2CCOCC2)c1.Cl.Cl. The summed E-state index contributed by atoms with van der Waals surface area (Å²) in [6.07, 6.45) is -0.212. The number of nitrogens with zero attached hydrogens (tertiary/aromatic N) is 1. The predicted octanol–water partition coefficient (Wildman–Crippen LogP) is 1.82. The molecule has 2 heterocycles. The number of morpholine rings is 2. The van der Waals surface area contributed by atoms with Crippen molar-refractivity contribution < 1.29 is 18.7 Å². The fraction of sp³-hybridized carbons (Fsp3) is 0.562. The third-order valence-corrected chi connectivity index (χ3v) is 4.13. The predicted molar refractivity (Wildman–Crippen MR) is 99.8 cm³/mol. The highest BCUT2D eigenvalue weighted by atomic mass is 35.5. The van der Waals surface area contributed by atoms with Gasteiger partial charge in [-0.15, -0.1) is 24.8 Å². The maximum Gasteiger partial charge on any atom is 0.244 e. The summed E-state index contributed by atoms with van der Waals surface area (Å²) in [7, 11) is 0. The molecule has 3 rings (SSSR count). The lowest BCUT2D eigenvalue weighted by atomic mass is 10.1. The molecular formula is C16H24Cl2FN3O3. The summed E-state index contributed by atoms with van der Waals surface area (Å²) in [6, 6.07) is 4.17. The number of ether oxygens (including phenoxy) is 2. The molecule has 0 spiro atoms. The first-order valence-corrected chi connectivity index (χ1v) is 7.92. The van der Waals surface area contributed by atoms with Gasteiger partial charge in [0.25, 0.3) is 0 Å². The maximum atomic E-state index is 13.9. The van der Waals surface area contributed by atoms with Gasteiger partial charge in [-0.3, -0.25) is 4.79 Å². The second kappa shape index (κ2) is 10.1. The van der Waals surface area contributed by atoms with Crippen molar-refractivity contribution in [2.24, 2.45) is 0 Å². The second-order valence-corrected chi connectivity index (χ2v) is 5.79. The van der Waals surface area contributed by atoms with E-state index in [1.54, 1.807) is 6.07 Å². The summed E-state index contributed by atoms with van der Waals surface area (Å²) >= 11 is 0. The largest absolute Gasteiger partial charge is 0.378 e. The Morgan fingerprint density at radius 1 is 1.24 bits per heavy atom. The van der Waals surface area contributed by atoms with Crippen LogP contribution in [0, 0.1) is 5.82 Å². The molecule has 9 heteroatoms. The van der Waals surface area contributed by atoms with Crippen LogP contribution in [-0.4, -0.2) is 57.5 Å². The van der Waals surface area contributed by atoms with Crippen LogP contribution in [-0.2, 0) is 14.3 Å². The molecule has 0 aromatic heterocycles. The summed E-state index contributed by atoms with van der Waals surface area (Å²) < 4.78 is 24.7. The minimum absolute atomic E-state index is 0. The Morgan fingerprint density at radius 3 is 2.64 bits per heavy atom. The Balaban J connectivity index is 0.00000156. The quantitative estimate of drug-likeness (QED) is 0.817. The van der Waals surface area contributed by atoms with E-state index in [4.69, 9.17) is 9.47 Å². The van der Waals surface area contributed by atoms with E-state index in [1.807, 2.05) is 11.8 Å². The van der Waals surface area contributed by atoms with E-state index in [1.165, 1.54) is 12.1 Å². The second-order valence-electron chi connectivity index (χ2n) is 5.79. The summed E-state index contributed by atoms with van der Waals surface area (Å²) in [6.45, 7) is 5.74. The van der Waals surface area contributed by atoms with Gasteiger partial charge in [-0.05, 0) is 25.1 Å². The summed E-state index contributed by atoms with van der Waals surface area (Å²) in [4.78, 5) is 14.4. The van der Waals surface area contributed by atoms with Crippen LogP contribution >= 0.6 is 24.8 Å². The van der Waals surface area contributed by atoms with Crippen LogP contribution in [0.15, 0.2) is 18.2 Å². The zero-order valence-electron chi connectivity index (χ0n) is 14.0. The number of carbonyl (C=O) groups is 1. The molecule has 2 aliphatic heterocycles. The molecule has 0 aliphatic carbocycles. The van der Waals surface area contributed by atoms with E-state index in [0.29, 0.717) is 45.1 Å². The van der Waals surface area contributed by atoms with Crippen molar-refractivity contribution in [3.8, 4) is 0 Å². The van der Waals surface area contributed by atoms with Crippen LogP contribution in [0.5, 0.6) is 0 Å². The van der Waals surface area contributed by atoms with Crippen molar-refractivity contribution in [2.45, 2.75) is 19.1 Å². The Morgan fingerprint density at radius 2 is 1.96 bits per heavy atom. The van der Waals surface area contributed by atoms with Crippen molar-refractivity contribution >= 4 is 42.1 Å². The molecule has 6 nitrogen and oxygen atoms in total. The van der Waals surface area contributed by atoms with Gasteiger partial charge in [0, 0.05) is 31.0 Å². The minimum Gasteiger partial charge on any atom is -0.378 e. The highest BCUT2D eigenvalue weighted by Crippen LogP contribution is 2.23. The number of hydrogen-bond acceptors (Lipinski definition) is 5. The number of amides is 1. The van der Waals surface area contributed by atoms with Crippen LogP contribution in [0.4, 0.5) is 15.8 Å². The van der Waals surface area contributed by atoms with Gasteiger partial charge in [0.05, 0.1) is 25.9 Å². The third-order valence-electron chi connectivity index (χ3n) is 4.13. The van der Waals surface area contributed by atoms with Crippen molar-refractivity contribution in [3.05, 3.63) is 24.0 Å². The molecule has 0 bridgehead atoms. The third kappa shape index (κ3) is 5.69. The molecule has 1 amide bonds. The number of rotatable bonds is 3. The lowest BCUT2D eigenvalue weighted by molar-refractivity contribution is -0.123. The number of nitrogens with one attached hydrogen (secondary N) is 2. The molecule has 0 saturated carbocycles. The highest BCUT2D eigenvalue weighted by Gasteiger charge is 2.28. The van der Waals surface area contributed by atoms with Gasteiger partial charge in [0.1, 0.15) is 11.9 Å². The molecule has 2 N–H and O–H groups in total. The zero-order chi connectivity index (χ0) is 16.2. The average molecular weight is 396 g/mol. The van der Waals surface area contributed by atoms with Gasteiger partial charge in [-0.2, -0.15) is 0 Å². The standard InChI is InChI=1S/C16H22FN3O3.2ClH/c1-11-15(18-2-5-23-11)16(21)19-13-8-12(17)9-14(10-13)20-3-6-22-7-4-20;;/h8-11,15,18H,2-7H2,1H3,(H,19,21);2*1H/t11-,15+;;/m1../s1. The van der Waals surface area contributed by atoms with Crippen molar-refractivity contribution in [1.29, 1.82) is 0 Å². The van der Waals surface area contributed by atoms with E-state index in [0.717, 1.165) is 5.69 Å². The van der Waals surface area contributed by atoms with E-state index < -0.39 is 6.04 Å². The Kier molecular flexibility index (Phi) is 8.88. The first kappa shape index (κ1) is 21.9. The maximum absolute atomic E-state index is 13.9. The molecule has 25 heavy (non-hydrogen) atoms. The minimum atomic E-state index is -0.432. The van der Waals surface area contributed by atoms with Crippen LogP contribution in [0.3, 0.4) is 0 Å². The van der Waals surface area contributed by atoms with Gasteiger partial charge >= 0.3 is 0 Å². The van der Waals surface area contributed by atoms with Crippen LogP contribution < -0.4 is 15.5 Å². The summed E-state index contributed by atoms with van der Waals surface area (Å²) in [5.41, 5.74) is 1.21. The van der Waals surface area contributed by atoms with Gasteiger partial charge in [0.15, 0.2) is 0 Å². The number of benzene rings is 1. The topological polar surface area (TPSA) is 62.8 Å². The monoisotopic (exact) mass is 395 g/mol. The van der Waals surface area contributed by atoms with Gasteiger partial charge in [0.2, 0.25) is 5.91 Å². The average Bonchev–Trinajstić information content (AvgIpc) is 2.55. The molecule has 142 valence electrons. The fourth-order valence-electron chi connectivity index (χ4n) is 2.90.